The van der Waals surface area contributed by atoms with Gasteiger partial charge in [-0.05, 0) is 24.6 Å². The number of amides is 2. The van der Waals surface area contributed by atoms with Gasteiger partial charge < -0.3 is 15.7 Å². The fourth-order valence-corrected chi connectivity index (χ4v) is 1.72. The Labute approximate surface area is 130 Å². The van der Waals surface area contributed by atoms with E-state index in [0.29, 0.717) is 25.2 Å². The summed E-state index contributed by atoms with van der Waals surface area (Å²) in [7, 11) is 0. The second kappa shape index (κ2) is 9.88. The molecule has 1 aromatic carbocycles. The minimum absolute atomic E-state index is 0.114. The van der Waals surface area contributed by atoms with Crippen molar-refractivity contribution in [3.05, 3.63) is 35.4 Å². The van der Waals surface area contributed by atoms with Crippen molar-refractivity contribution < 1.29 is 19.5 Å². The molecule has 0 fully saturated rings. The highest BCUT2D eigenvalue weighted by atomic mass is 16.7. The SMILES string of the molecule is CCN(CO)OCCNC(=O)c1cccc(CNC(C)=O)c1. The Morgan fingerprint density at radius 2 is 2.09 bits per heavy atom. The van der Waals surface area contributed by atoms with Gasteiger partial charge in [0, 0.05) is 32.1 Å². The monoisotopic (exact) mass is 309 g/mol. The minimum Gasteiger partial charge on any atom is -0.379 e. The Balaban J connectivity index is 2.41. The van der Waals surface area contributed by atoms with E-state index in [9.17, 15) is 9.59 Å². The fraction of sp³-hybridized carbons (Fsp3) is 0.467. The summed E-state index contributed by atoms with van der Waals surface area (Å²) in [4.78, 5) is 28.1. The highest BCUT2D eigenvalue weighted by Gasteiger charge is 2.06. The number of benzene rings is 1. The van der Waals surface area contributed by atoms with Crippen LogP contribution < -0.4 is 10.6 Å². The predicted octanol–water partition coefficient (Wildman–Crippen LogP) is 0.256. The lowest BCUT2D eigenvalue weighted by atomic mass is 10.1. The third-order valence-electron chi connectivity index (χ3n) is 2.90. The Morgan fingerprint density at radius 3 is 2.73 bits per heavy atom. The van der Waals surface area contributed by atoms with Crippen LogP contribution in [0, 0.1) is 0 Å². The molecule has 0 aliphatic heterocycles. The maximum absolute atomic E-state index is 12.0. The van der Waals surface area contributed by atoms with Gasteiger partial charge in [-0.3, -0.25) is 14.4 Å². The molecular weight excluding hydrogens is 286 g/mol. The van der Waals surface area contributed by atoms with Crippen LogP contribution in [0.25, 0.3) is 0 Å². The van der Waals surface area contributed by atoms with Crippen LogP contribution in [0.1, 0.15) is 29.8 Å². The zero-order valence-corrected chi connectivity index (χ0v) is 13.0. The first-order valence-electron chi connectivity index (χ1n) is 7.17. The van der Waals surface area contributed by atoms with E-state index in [1.54, 1.807) is 18.2 Å². The van der Waals surface area contributed by atoms with Crippen molar-refractivity contribution in [2.75, 3.05) is 26.4 Å². The van der Waals surface area contributed by atoms with Crippen molar-refractivity contribution in [1.29, 1.82) is 0 Å². The normalized spacial score (nSPS) is 10.5. The van der Waals surface area contributed by atoms with Crippen molar-refractivity contribution in [1.82, 2.24) is 15.7 Å². The van der Waals surface area contributed by atoms with Gasteiger partial charge in [0.2, 0.25) is 5.91 Å². The summed E-state index contributed by atoms with van der Waals surface area (Å²) < 4.78 is 0. The van der Waals surface area contributed by atoms with Crippen molar-refractivity contribution in [3.63, 3.8) is 0 Å². The molecule has 122 valence electrons. The number of rotatable bonds is 9. The summed E-state index contributed by atoms with van der Waals surface area (Å²) in [5, 5.41) is 15.7. The van der Waals surface area contributed by atoms with Gasteiger partial charge in [-0.25, -0.2) is 0 Å². The second-order valence-electron chi connectivity index (χ2n) is 4.64. The van der Waals surface area contributed by atoms with Crippen LogP contribution in [-0.4, -0.2) is 48.4 Å². The zero-order valence-electron chi connectivity index (χ0n) is 13.0. The van der Waals surface area contributed by atoms with E-state index in [2.05, 4.69) is 10.6 Å². The summed E-state index contributed by atoms with van der Waals surface area (Å²) >= 11 is 0. The fourth-order valence-electron chi connectivity index (χ4n) is 1.72. The van der Waals surface area contributed by atoms with Crippen LogP contribution in [0.5, 0.6) is 0 Å². The molecule has 0 aliphatic carbocycles. The van der Waals surface area contributed by atoms with E-state index in [0.717, 1.165) is 5.56 Å². The highest BCUT2D eigenvalue weighted by Crippen LogP contribution is 2.05. The molecule has 0 aromatic heterocycles. The first-order chi connectivity index (χ1) is 10.6. The number of nitrogens with one attached hydrogen (secondary N) is 2. The van der Waals surface area contributed by atoms with Crippen LogP contribution in [-0.2, 0) is 16.2 Å². The molecule has 1 rings (SSSR count). The van der Waals surface area contributed by atoms with Crippen molar-refractivity contribution in [3.8, 4) is 0 Å². The first-order valence-corrected chi connectivity index (χ1v) is 7.17. The molecule has 0 saturated carbocycles. The van der Waals surface area contributed by atoms with Crippen LogP contribution in [0.2, 0.25) is 0 Å². The van der Waals surface area contributed by atoms with Gasteiger partial charge in [0.15, 0.2) is 0 Å². The van der Waals surface area contributed by atoms with Gasteiger partial charge in [-0.1, -0.05) is 12.1 Å². The molecule has 0 atom stereocenters. The molecule has 22 heavy (non-hydrogen) atoms. The Kier molecular flexibility index (Phi) is 8.13. The molecular formula is C15H23N3O4. The molecule has 0 heterocycles. The predicted molar refractivity (Wildman–Crippen MR) is 81.7 cm³/mol. The number of carbonyl (C=O) groups is 2. The third kappa shape index (κ3) is 6.66. The lowest BCUT2D eigenvalue weighted by molar-refractivity contribution is -0.191. The number of carbonyl (C=O) groups excluding carboxylic acids is 2. The number of aliphatic hydroxyl groups is 1. The van der Waals surface area contributed by atoms with Gasteiger partial charge in [-0.15, -0.1) is 0 Å². The van der Waals surface area contributed by atoms with Crippen LogP contribution in [0.3, 0.4) is 0 Å². The molecule has 0 radical (unpaired) electrons. The Hall–Kier alpha value is -1.96. The summed E-state index contributed by atoms with van der Waals surface area (Å²) in [5.41, 5.74) is 1.38. The zero-order chi connectivity index (χ0) is 16.4. The second-order valence-corrected chi connectivity index (χ2v) is 4.64. The summed E-state index contributed by atoms with van der Waals surface area (Å²) in [6.07, 6.45) is 0. The quantitative estimate of drug-likeness (QED) is 0.346. The molecule has 2 amide bonds. The van der Waals surface area contributed by atoms with Gasteiger partial charge in [-0.2, -0.15) is 5.06 Å². The lowest BCUT2D eigenvalue weighted by Crippen LogP contribution is -2.32. The summed E-state index contributed by atoms with van der Waals surface area (Å²) in [5.74, 6) is -0.323. The maximum Gasteiger partial charge on any atom is 0.251 e. The van der Waals surface area contributed by atoms with Gasteiger partial charge in [0.25, 0.3) is 5.91 Å². The maximum atomic E-state index is 12.0. The van der Waals surface area contributed by atoms with Crippen LogP contribution >= 0.6 is 0 Å². The largest absolute Gasteiger partial charge is 0.379 e. The minimum atomic E-state index is -0.208. The third-order valence-corrected chi connectivity index (χ3v) is 2.90. The molecule has 0 spiro atoms. The van der Waals surface area contributed by atoms with Crippen molar-refractivity contribution in [2.24, 2.45) is 0 Å². The first kappa shape index (κ1) is 18.1. The van der Waals surface area contributed by atoms with E-state index in [1.807, 2.05) is 13.0 Å². The van der Waals surface area contributed by atoms with E-state index in [4.69, 9.17) is 9.94 Å². The van der Waals surface area contributed by atoms with Gasteiger partial charge >= 0.3 is 0 Å². The van der Waals surface area contributed by atoms with E-state index in [-0.39, 0.29) is 25.2 Å². The topological polar surface area (TPSA) is 90.9 Å². The smallest absolute Gasteiger partial charge is 0.251 e. The van der Waals surface area contributed by atoms with E-state index < -0.39 is 0 Å². The molecule has 7 nitrogen and oxygen atoms in total. The van der Waals surface area contributed by atoms with E-state index >= 15 is 0 Å². The molecule has 3 N–H and O–H groups in total. The Bertz CT molecular complexity index is 489. The molecule has 0 bridgehead atoms. The number of hydrogen-bond acceptors (Lipinski definition) is 5. The summed E-state index contributed by atoms with van der Waals surface area (Å²) in [6, 6.07) is 7.06. The lowest BCUT2D eigenvalue weighted by Gasteiger charge is -2.16. The van der Waals surface area contributed by atoms with E-state index in [1.165, 1.54) is 12.0 Å². The van der Waals surface area contributed by atoms with Crippen LogP contribution in [0.4, 0.5) is 0 Å². The number of hydroxylamine groups is 2. The molecule has 7 heteroatoms. The number of nitrogens with zero attached hydrogens (tertiary/aromatic N) is 1. The Morgan fingerprint density at radius 1 is 1.32 bits per heavy atom. The number of hydrogen-bond donors (Lipinski definition) is 3. The highest BCUT2D eigenvalue weighted by molar-refractivity contribution is 5.94. The van der Waals surface area contributed by atoms with Crippen molar-refractivity contribution in [2.45, 2.75) is 20.4 Å². The standard InChI is InChI=1S/C15H23N3O4/c1-3-18(11-19)22-8-7-16-15(21)14-6-4-5-13(9-14)10-17-12(2)20/h4-6,9,19H,3,7-8,10-11H2,1-2H3,(H,16,21)(H,17,20). The van der Waals surface area contributed by atoms with Gasteiger partial charge in [0.1, 0.15) is 6.73 Å². The summed E-state index contributed by atoms with van der Waals surface area (Å²) in [6.45, 7) is 4.70. The average molecular weight is 309 g/mol. The number of aliphatic hydroxyl groups excluding tert-OH is 1. The molecule has 0 saturated heterocycles. The molecule has 1 aromatic rings. The average Bonchev–Trinajstić information content (AvgIpc) is 2.53. The molecule has 0 aliphatic rings. The van der Waals surface area contributed by atoms with Gasteiger partial charge in [0.05, 0.1) is 6.61 Å². The molecule has 0 unspecified atom stereocenters. The van der Waals surface area contributed by atoms with Crippen LogP contribution in [0.15, 0.2) is 24.3 Å². The van der Waals surface area contributed by atoms with Crippen molar-refractivity contribution >= 4 is 11.8 Å².